The summed E-state index contributed by atoms with van der Waals surface area (Å²) in [5, 5.41) is 3.40. The smallest absolute Gasteiger partial charge is 0.126 e. The Balaban J connectivity index is 2.76. The highest BCUT2D eigenvalue weighted by molar-refractivity contribution is 5.25. The first-order chi connectivity index (χ1) is 8.54. The summed E-state index contributed by atoms with van der Waals surface area (Å²) in [7, 11) is 0. The van der Waals surface area contributed by atoms with E-state index in [0.717, 1.165) is 18.5 Å². The molecule has 0 heterocycles. The Labute approximate surface area is 110 Å². The Morgan fingerprint density at radius 1 is 1.33 bits per heavy atom. The molecule has 1 atom stereocenters. The van der Waals surface area contributed by atoms with Gasteiger partial charge in [-0.15, -0.1) is 0 Å². The first-order valence-electron chi connectivity index (χ1n) is 6.65. The molecule has 1 aromatic rings. The highest BCUT2D eigenvalue weighted by atomic mass is 19.1. The number of halogens is 1. The monoisotopic (exact) mass is 253 g/mol. The van der Waals surface area contributed by atoms with Crippen LogP contribution in [-0.2, 0) is 4.74 Å². The van der Waals surface area contributed by atoms with E-state index in [1.807, 2.05) is 26.0 Å². The van der Waals surface area contributed by atoms with Crippen LogP contribution < -0.4 is 5.32 Å². The minimum absolute atomic E-state index is 0.0578. The van der Waals surface area contributed by atoms with Crippen LogP contribution in [0.25, 0.3) is 0 Å². The fraction of sp³-hybridized carbons (Fsp3) is 0.600. The van der Waals surface area contributed by atoms with Gasteiger partial charge in [0.05, 0.1) is 18.8 Å². The van der Waals surface area contributed by atoms with Crippen molar-refractivity contribution in [2.24, 2.45) is 0 Å². The molecule has 0 fully saturated rings. The number of benzene rings is 1. The number of ether oxygens (including phenoxy) is 1. The normalized spacial score (nSPS) is 13.0. The van der Waals surface area contributed by atoms with E-state index in [9.17, 15) is 4.39 Å². The van der Waals surface area contributed by atoms with Crippen LogP contribution in [0.15, 0.2) is 18.2 Å². The van der Waals surface area contributed by atoms with Gasteiger partial charge in [-0.05, 0) is 50.9 Å². The summed E-state index contributed by atoms with van der Waals surface area (Å²) >= 11 is 0. The van der Waals surface area contributed by atoms with Crippen molar-refractivity contribution in [3.05, 3.63) is 35.1 Å². The summed E-state index contributed by atoms with van der Waals surface area (Å²) in [6.07, 6.45) is 1.23. The quantitative estimate of drug-likeness (QED) is 0.801. The zero-order valence-corrected chi connectivity index (χ0v) is 11.8. The molecule has 0 amide bonds. The number of hydrogen-bond donors (Lipinski definition) is 1. The minimum atomic E-state index is -0.152. The number of nitrogens with one attached hydrogen (secondary N) is 1. The second-order valence-corrected chi connectivity index (χ2v) is 4.90. The molecule has 0 bridgehead atoms. The molecule has 1 N–H and O–H groups in total. The number of rotatable bonds is 7. The van der Waals surface area contributed by atoms with Crippen molar-refractivity contribution in [3.8, 4) is 0 Å². The molecule has 0 aliphatic carbocycles. The molecular formula is C15H24FNO. The molecule has 0 aliphatic heterocycles. The van der Waals surface area contributed by atoms with Crippen LogP contribution in [0.3, 0.4) is 0 Å². The summed E-state index contributed by atoms with van der Waals surface area (Å²) in [5.74, 6) is -0.152. The largest absolute Gasteiger partial charge is 0.377 e. The van der Waals surface area contributed by atoms with E-state index in [-0.39, 0.29) is 18.0 Å². The highest BCUT2D eigenvalue weighted by Gasteiger charge is 2.13. The molecule has 1 rings (SSSR count). The van der Waals surface area contributed by atoms with E-state index >= 15 is 0 Å². The van der Waals surface area contributed by atoms with Crippen molar-refractivity contribution < 1.29 is 9.13 Å². The fourth-order valence-electron chi connectivity index (χ4n) is 1.71. The van der Waals surface area contributed by atoms with Crippen molar-refractivity contribution in [1.82, 2.24) is 5.32 Å². The van der Waals surface area contributed by atoms with Gasteiger partial charge in [-0.25, -0.2) is 4.39 Å². The molecule has 3 heteroatoms. The average molecular weight is 253 g/mol. The Morgan fingerprint density at radius 3 is 2.61 bits per heavy atom. The van der Waals surface area contributed by atoms with E-state index in [0.29, 0.717) is 12.2 Å². The molecule has 1 aromatic carbocycles. The molecule has 0 aromatic heterocycles. The highest BCUT2D eigenvalue weighted by Crippen LogP contribution is 2.17. The van der Waals surface area contributed by atoms with Crippen LogP contribution in [0.1, 0.15) is 44.4 Å². The third-order valence-corrected chi connectivity index (χ3v) is 2.84. The Hall–Kier alpha value is -0.930. The summed E-state index contributed by atoms with van der Waals surface area (Å²) in [6, 6.07) is 5.45. The van der Waals surface area contributed by atoms with Gasteiger partial charge in [-0.1, -0.05) is 19.1 Å². The van der Waals surface area contributed by atoms with Crippen LogP contribution >= 0.6 is 0 Å². The zero-order valence-electron chi connectivity index (χ0n) is 11.8. The lowest BCUT2D eigenvalue weighted by Crippen LogP contribution is -2.27. The molecule has 102 valence electrons. The second kappa shape index (κ2) is 7.49. The molecule has 0 spiro atoms. The van der Waals surface area contributed by atoms with Crippen LogP contribution in [0.4, 0.5) is 4.39 Å². The van der Waals surface area contributed by atoms with E-state index in [1.54, 1.807) is 13.0 Å². The topological polar surface area (TPSA) is 21.3 Å². The van der Waals surface area contributed by atoms with E-state index in [1.165, 1.54) is 0 Å². The summed E-state index contributed by atoms with van der Waals surface area (Å²) in [5.41, 5.74) is 1.63. The first kappa shape index (κ1) is 15.1. The molecule has 0 saturated carbocycles. The lowest BCUT2D eigenvalue weighted by molar-refractivity contribution is 0.0611. The Kier molecular flexibility index (Phi) is 6.30. The van der Waals surface area contributed by atoms with E-state index in [2.05, 4.69) is 12.2 Å². The van der Waals surface area contributed by atoms with Gasteiger partial charge in [0.1, 0.15) is 5.82 Å². The van der Waals surface area contributed by atoms with Crippen LogP contribution in [0.5, 0.6) is 0 Å². The van der Waals surface area contributed by atoms with Gasteiger partial charge in [0, 0.05) is 0 Å². The maximum Gasteiger partial charge on any atom is 0.126 e. The standard InChI is InChI=1S/C15H24FNO/c1-5-8-17-15(10-18-11(2)3)13-7-6-12(4)14(16)9-13/h6-7,9,11,15,17H,5,8,10H2,1-4H3. The third kappa shape index (κ3) is 4.75. The molecule has 1 unspecified atom stereocenters. The van der Waals surface area contributed by atoms with E-state index < -0.39 is 0 Å². The second-order valence-electron chi connectivity index (χ2n) is 4.90. The van der Waals surface area contributed by atoms with Crippen molar-refractivity contribution >= 4 is 0 Å². The fourth-order valence-corrected chi connectivity index (χ4v) is 1.71. The van der Waals surface area contributed by atoms with Gasteiger partial charge in [-0.2, -0.15) is 0 Å². The van der Waals surface area contributed by atoms with Crippen LogP contribution in [0, 0.1) is 12.7 Å². The third-order valence-electron chi connectivity index (χ3n) is 2.84. The van der Waals surface area contributed by atoms with Crippen LogP contribution in [-0.4, -0.2) is 19.3 Å². The predicted octanol–water partition coefficient (Wildman–Crippen LogP) is 3.60. The zero-order chi connectivity index (χ0) is 13.5. The van der Waals surface area contributed by atoms with Gasteiger partial charge in [0.2, 0.25) is 0 Å². The first-order valence-corrected chi connectivity index (χ1v) is 6.65. The molecule has 0 aliphatic rings. The molecular weight excluding hydrogens is 229 g/mol. The van der Waals surface area contributed by atoms with Gasteiger partial charge >= 0.3 is 0 Å². The van der Waals surface area contributed by atoms with Crippen LogP contribution in [0.2, 0.25) is 0 Å². The number of aryl methyl sites for hydroxylation is 1. The molecule has 0 saturated heterocycles. The maximum absolute atomic E-state index is 13.6. The summed E-state index contributed by atoms with van der Waals surface area (Å²) in [4.78, 5) is 0. The van der Waals surface area contributed by atoms with Gasteiger partial charge < -0.3 is 10.1 Å². The van der Waals surface area contributed by atoms with Gasteiger partial charge in [0.15, 0.2) is 0 Å². The summed E-state index contributed by atoms with van der Waals surface area (Å²) in [6.45, 7) is 9.38. The van der Waals surface area contributed by atoms with Crippen molar-refractivity contribution in [2.45, 2.75) is 46.3 Å². The van der Waals surface area contributed by atoms with Crippen molar-refractivity contribution in [1.29, 1.82) is 0 Å². The maximum atomic E-state index is 13.6. The lowest BCUT2D eigenvalue weighted by Gasteiger charge is -2.21. The minimum Gasteiger partial charge on any atom is -0.377 e. The Morgan fingerprint density at radius 2 is 2.06 bits per heavy atom. The summed E-state index contributed by atoms with van der Waals surface area (Å²) < 4.78 is 19.2. The number of hydrogen-bond acceptors (Lipinski definition) is 2. The molecule has 18 heavy (non-hydrogen) atoms. The lowest BCUT2D eigenvalue weighted by atomic mass is 10.0. The van der Waals surface area contributed by atoms with Crippen molar-refractivity contribution in [2.75, 3.05) is 13.2 Å². The average Bonchev–Trinajstić information content (AvgIpc) is 2.33. The molecule has 0 radical (unpaired) electrons. The van der Waals surface area contributed by atoms with E-state index in [4.69, 9.17) is 4.74 Å². The SMILES string of the molecule is CCCNC(COC(C)C)c1ccc(C)c(F)c1. The molecule has 2 nitrogen and oxygen atoms in total. The van der Waals surface area contributed by atoms with Gasteiger partial charge in [0.25, 0.3) is 0 Å². The van der Waals surface area contributed by atoms with Gasteiger partial charge in [-0.3, -0.25) is 0 Å². The predicted molar refractivity (Wildman–Crippen MR) is 73.3 cm³/mol. The Bertz CT molecular complexity index is 366. The van der Waals surface area contributed by atoms with Crippen molar-refractivity contribution in [3.63, 3.8) is 0 Å².